The molecule has 3 nitrogen and oxygen atoms in total. The Labute approximate surface area is 62.0 Å². The van der Waals surface area contributed by atoms with Gasteiger partial charge in [-0.15, -0.1) is 0 Å². The lowest BCUT2D eigenvalue weighted by atomic mass is 10.2. The second kappa shape index (κ2) is 8.88. The molecule has 0 aromatic carbocycles. The first-order valence-corrected chi connectivity index (χ1v) is 3.56. The molecule has 0 rings (SSSR count). The van der Waals surface area contributed by atoms with Crippen LogP contribution in [0.5, 0.6) is 0 Å². The molecule has 0 saturated heterocycles. The van der Waals surface area contributed by atoms with Gasteiger partial charge < -0.3 is 9.47 Å². The first-order valence-electron chi connectivity index (χ1n) is 3.56. The summed E-state index contributed by atoms with van der Waals surface area (Å²) in [5, 5.41) is 9.77. The van der Waals surface area contributed by atoms with Crippen molar-refractivity contribution in [2.24, 2.45) is 0 Å². The van der Waals surface area contributed by atoms with E-state index in [9.17, 15) is 5.11 Å². The molecule has 0 unspecified atom stereocenters. The predicted molar refractivity (Wildman–Crippen MR) is 37.2 cm³/mol. The molecular formula is C7H15O3. The molecule has 0 aliphatic rings. The van der Waals surface area contributed by atoms with Gasteiger partial charge in [-0.05, 0) is 19.3 Å². The quantitative estimate of drug-likeness (QED) is 0.401. The molecule has 10 heavy (non-hydrogen) atoms. The fourth-order valence-electron chi connectivity index (χ4n) is 0.686. The third-order valence-electron chi connectivity index (χ3n) is 1.22. The summed E-state index contributed by atoms with van der Waals surface area (Å²) < 4.78 is 9.46. The van der Waals surface area contributed by atoms with Crippen LogP contribution >= 0.6 is 0 Å². The van der Waals surface area contributed by atoms with Crippen LogP contribution < -0.4 is 0 Å². The zero-order valence-corrected chi connectivity index (χ0v) is 6.47. The largest absolute Gasteiger partial charge is 0.385 e. The molecule has 0 fully saturated rings. The molecule has 0 spiro atoms. The molecule has 0 N–H and O–H groups in total. The number of methoxy groups -OCH3 is 1. The van der Waals surface area contributed by atoms with E-state index in [-0.39, 0.29) is 0 Å². The third-order valence-corrected chi connectivity index (χ3v) is 1.22. The van der Waals surface area contributed by atoms with Crippen LogP contribution in [-0.4, -0.2) is 27.1 Å². The standard InChI is InChI=1S/C7H15O3/c1-9-5-3-2-4-6-10-7-8/h2-7H2,1H3. The molecule has 1 radical (unpaired) electrons. The summed E-state index contributed by atoms with van der Waals surface area (Å²) in [4.78, 5) is 0. The molecule has 0 atom stereocenters. The van der Waals surface area contributed by atoms with Gasteiger partial charge in [-0.2, -0.15) is 0 Å². The summed E-state index contributed by atoms with van der Waals surface area (Å²) in [5.74, 6) is 0. The lowest BCUT2D eigenvalue weighted by Crippen LogP contribution is -1.95. The van der Waals surface area contributed by atoms with Crippen molar-refractivity contribution in [2.75, 3.05) is 27.1 Å². The van der Waals surface area contributed by atoms with E-state index >= 15 is 0 Å². The molecule has 0 aliphatic carbocycles. The summed E-state index contributed by atoms with van der Waals surface area (Å²) in [5.41, 5.74) is 0. The molecule has 0 amide bonds. The summed E-state index contributed by atoms with van der Waals surface area (Å²) in [6.45, 7) is 0.981. The second-order valence-electron chi connectivity index (χ2n) is 2.08. The molecule has 0 heterocycles. The fraction of sp³-hybridized carbons (Fsp3) is 1.00. The van der Waals surface area contributed by atoms with E-state index in [2.05, 4.69) is 4.74 Å². The van der Waals surface area contributed by atoms with Gasteiger partial charge in [0, 0.05) is 20.3 Å². The van der Waals surface area contributed by atoms with Crippen LogP contribution in [0.2, 0.25) is 0 Å². The number of ether oxygens (including phenoxy) is 2. The first-order chi connectivity index (χ1) is 4.91. The van der Waals surface area contributed by atoms with Crippen molar-refractivity contribution >= 4 is 0 Å². The lowest BCUT2D eigenvalue weighted by molar-refractivity contribution is -0.0448. The van der Waals surface area contributed by atoms with Crippen LogP contribution in [0.4, 0.5) is 0 Å². The van der Waals surface area contributed by atoms with Crippen molar-refractivity contribution in [1.82, 2.24) is 0 Å². The summed E-state index contributed by atoms with van der Waals surface area (Å²) >= 11 is 0. The topological polar surface area (TPSA) is 38.4 Å². The van der Waals surface area contributed by atoms with E-state index in [1.165, 1.54) is 0 Å². The predicted octanol–water partition coefficient (Wildman–Crippen LogP) is 1.21. The average molecular weight is 147 g/mol. The number of rotatable bonds is 7. The zero-order chi connectivity index (χ0) is 7.66. The Balaban J connectivity index is 2.65. The van der Waals surface area contributed by atoms with Crippen molar-refractivity contribution in [3.8, 4) is 0 Å². The first kappa shape index (κ1) is 9.88. The van der Waals surface area contributed by atoms with Crippen LogP contribution in [0.25, 0.3) is 0 Å². The Bertz CT molecular complexity index is 48.8. The lowest BCUT2D eigenvalue weighted by Gasteiger charge is -1.98. The van der Waals surface area contributed by atoms with Crippen molar-refractivity contribution in [3.05, 3.63) is 0 Å². The Morgan fingerprint density at radius 3 is 2.40 bits per heavy atom. The number of hydrogen-bond donors (Lipinski definition) is 0. The summed E-state index contributed by atoms with van der Waals surface area (Å²) in [6.07, 6.45) is 3.10. The average Bonchev–Trinajstić information content (AvgIpc) is 1.97. The highest BCUT2D eigenvalue weighted by molar-refractivity contribution is 4.38. The molecule has 61 valence electrons. The minimum atomic E-state index is -0.412. The Morgan fingerprint density at radius 2 is 1.80 bits per heavy atom. The normalized spacial score (nSPS) is 10.2. The van der Waals surface area contributed by atoms with Crippen LogP contribution in [-0.2, 0) is 14.6 Å². The van der Waals surface area contributed by atoms with Gasteiger partial charge in [-0.1, -0.05) is 0 Å². The second-order valence-corrected chi connectivity index (χ2v) is 2.08. The van der Waals surface area contributed by atoms with Crippen molar-refractivity contribution in [3.63, 3.8) is 0 Å². The van der Waals surface area contributed by atoms with Gasteiger partial charge in [0.1, 0.15) is 0 Å². The molecule has 0 aliphatic heterocycles. The Kier molecular flexibility index (Phi) is 8.77. The third kappa shape index (κ3) is 7.88. The maximum atomic E-state index is 9.77. The Hall–Kier alpha value is -0.120. The fourth-order valence-corrected chi connectivity index (χ4v) is 0.686. The van der Waals surface area contributed by atoms with Gasteiger partial charge in [-0.3, -0.25) is 0 Å². The SMILES string of the molecule is COCCCCCOC[O]. The minimum Gasteiger partial charge on any atom is -0.385 e. The highest BCUT2D eigenvalue weighted by Gasteiger charge is 1.88. The van der Waals surface area contributed by atoms with E-state index in [0.29, 0.717) is 6.61 Å². The van der Waals surface area contributed by atoms with E-state index in [0.717, 1.165) is 25.9 Å². The smallest absolute Gasteiger partial charge is 0.180 e. The maximum absolute atomic E-state index is 9.77. The molecule has 0 aromatic rings. The van der Waals surface area contributed by atoms with E-state index < -0.39 is 6.79 Å². The van der Waals surface area contributed by atoms with Crippen LogP contribution in [0, 0.1) is 0 Å². The number of hydrogen-bond acceptors (Lipinski definition) is 2. The highest BCUT2D eigenvalue weighted by Crippen LogP contribution is 1.95. The van der Waals surface area contributed by atoms with Crippen molar-refractivity contribution in [1.29, 1.82) is 0 Å². The molecule has 0 aromatic heterocycles. The monoisotopic (exact) mass is 147 g/mol. The molecule has 0 bridgehead atoms. The maximum Gasteiger partial charge on any atom is 0.180 e. The van der Waals surface area contributed by atoms with Gasteiger partial charge in [0.2, 0.25) is 0 Å². The van der Waals surface area contributed by atoms with Gasteiger partial charge in [-0.25, -0.2) is 5.11 Å². The van der Waals surface area contributed by atoms with E-state index in [1.807, 2.05) is 0 Å². The molecule has 3 heteroatoms. The Morgan fingerprint density at radius 1 is 1.10 bits per heavy atom. The van der Waals surface area contributed by atoms with Crippen molar-refractivity contribution < 1.29 is 14.6 Å². The van der Waals surface area contributed by atoms with E-state index in [1.54, 1.807) is 7.11 Å². The van der Waals surface area contributed by atoms with Gasteiger partial charge >= 0.3 is 0 Å². The summed E-state index contributed by atoms with van der Waals surface area (Å²) in [6, 6.07) is 0. The highest BCUT2D eigenvalue weighted by atomic mass is 16.6. The summed E-state index contributed by atoms with van der Waals surface area (Å²) in [7, 11) is 1.69. The molecular weight excluding hydrogens is 132 g/mol. The van der Waals surface area contributed by atoms with Crippen LogP contribution in [0.15, 0.2) is 0 Å². The molecule has 0 saturated carbocycles. The van der Waals surface area contributed by atoms with Gasteiger partial charge in [0.25, 0.3) is 0 Å². The van der Waals surface area contributed by atoms with Crippen LogP contribution in [0.1, 0.15) is 19.3 Å². The van der Waals surface area contributed by atoms with E-state index in [4.69, 9.17) is 4.74 Å². The minimum absolute atomic E-state index is 0.412. The van der Waals surface area contributed by atoms with Gasteiger partial charge in [0.05, 0.1) is 0 Å². The number of unbranched alkanes of at least 4 members (excludes halogenated alkanes) is 2. The van der Waals surface area contributed by atoms with Gasteiger partial charge in [0.15, 0.2) is 6.79 Å². The van der Waals surface area contributed by atoms with Crippen LogP contribution in [0.3, 0.4) is 0 Å². The van der Waals surface area contributed by atoms with Crippen molar-refractivity contribution in [2.45, 2.75) is 19.3 Å². The zero-order valence-electron chi connectivity index (χ0n) is 6.47.